The predicted molar refractivity (Wildman–Crippen MR) is 63.4 cm³/mol. The number of carbonyl (C=O) groups is 2. The van der Waals surface area contributed by atoms with E-state index in [2.05, 4.69) is 15.5 Å². The highest BCUT2D eigenvalue weighted by atomic mass is 16.4. The molecule has 0 saturated heterocycles. The summed E-state index contributed by atoms with van der Waals surface area (Å²) < 4.78 is 1.43. The summed E-state index contributed by atoms with van der Waals surface area (Å²) in [5.41, 5.74) is 0.235. The molecular weight excluding hydrogens is 236 g/mol. The van der Waals surface area contributed by atoms with Gasteiger partial charge in [0, 0.05) is 12.1 Å². The van der Waals surface area contributed by atoms with E-state index in [4.69, 9.17) is 5.11 Å². The van der Waals surface area contributed by atoms with Crippen molar-refractivity contribution in [3.63, 3.8) is 0 Å². The van der Waals surface area contributed by atoms with Crippen LogP contribution in [0.25, 0.3) is 5.65 Å². The first kappa shape index (κ1) is 12.0. The SMILES string of the molecule is CC(C)C(=O)Nc1nnc2c(C(=O)O)cccn12. The van der Waals surface area contributed by atoms with Gasteiger partial charge in [-0.3, -0.25) is 14.5 Å². The summed E-state index contributed by atoms with van der Waals surface area (Å²) in [5, 5.41) is 19.1. The minimum atomic E-state index is -1.09. The Bertz CT molecular complexity index is 618. The second kappa shape index (κ2) is 4.44. The highest BCUT2D eigenvalue weighted by molar-refractivity contribution is 5.95. The lowest BCUT2D eigenvalue weighted by Crippen LogP contribution is -2.19. The number of hydrogen-bond donors (Lipinski definition) is 2. The van der Waals surface area contributed by atoms with Crippen molar-refractivity contribution in [2.75, 3.05) is 5.32 Å². The third-order valence-corrected chi connectivity index (χ3v) is 2.42. The van der Waals surface area contributed by atoms with E-state index in [-0.39, 0.29) is 29.0 Å². The Balaban J connectivity index is 2.46. The van der Waals surface area contributed by atoms with Crippen molar-refractivity contribution < 1.29 is 14.7 Å². The summed E-state index contributed by atoms with van der Waals surface area (Å²) in [7, 11) is 0. The Hall–Kier alpha value is -2.44. The number of carboxylic acid groups (broad SMARTS) is 1. The van der Waals surface area contributed by atoms with Gasteiger partial charge in [-0.25, -0.2) is 4.79 Å². The number of aromatic nitrogens is 3. The molecule has 2 aromatic heterocycles. The van der Waals surface area contributed by atoms with Crippen LogP contribution in [-0.4, -0.2) is 31.6 Å². The molecule has 0 aliphatic heterocycles. The topological polar surface area (TPSA) is 96.6 Å². The van der Waals surface area contributed by atoms with E-state index < -0.39 is 5.97 Å². The van der Waals surface area contributed by atoms with Crippen molar-refractivity contribution in [2.45, 2.75) is 13.8 Å². The maximum absolute atomic E-state index is 11.6. The van der Waals surface area contributed by atoms with Crippen molar-refractivity contribution in [2.24, 2.45) is 5.92 Å². The van der Waals surface area contributed by atoms with Crippen LogP contribution in [0.4, 0.5) is 5.95 Å². The zero-order chi connectivity index (χ0) is 13.3. The molecule has 94 valence electrons. The maximum Gasteiger partial charge on any atom is 0.339 e. The number of pyridine rings is 1. The number of hydrogen-bond acceptors (Lipinski definition) is 4. The molecule has 0 fully saturated rings. The van der Waals surface area contributed by atoms with E-state index in [1.165, 1.54) is 10.5 Å². The number of anilines is 1. The molecule has 1 amide bonds. The maximum atomic E-state index is 11.6. The molecule has 2 heterocycles. The molecule has 0 aliphatic rings. The number of fused-ring (bicyclic) bond motifs is 1. The zero-order valence-corrected chi connectivity index (χ0v) is 9.91. The van der Waals surface area contributed by atoms with Gasteiger partial charge in [-0.15, -0.1) is 10.2 Å². The molecule has 0 aliphatic carbocycles. The lowest BCUT2D eigenvalue weighted by molar-refractivity contribution is -0.118. The van der Waals surface area contributed by atoms with Crippen molar-refractivity contribution in [3.05, 3.63) is 23.9 Å². The number of carbonyl (C=O) groups excluding carboxylic acids is 1. The molecule has 0 saturated carbocycles. The largest absolute Gasteiger partial charge is 0.478 e. The second-order valence-electron chi connectivity index (χ2n) is 4.09. The van der Waals surface area contributed by atoms with E-state index in [0.29, 0.717) is 0 Å². The molecular formula is C11H12N4O3. The fraction of sp³-hybridized carbons (Fsp3) is 0.273. The summed E-state index contributed by atoms with van der Waals surface area (Å²) in [5.74, 6) is -1.27. The third kappa shape index (κ3) is 2.02. The second-order valence-corrected chi connectivity index (χ2v) is 4.09. The summed E-state index contributed by atoms with van der Waals surface area (Å²) >= 11 is 0. The smallest absolute Gasteiger partial charge is 0.339 e. The van der Waals surface area contributed by atoms with Crippen molar-refractivity contribution in [1.82, 2.24) is 14.6 Å². The average Bonchev–Trinajstić information content (AvgIpc) is 2.72. The van der Waals surface area contributed by atoms with Gasteiger partial charge in [0.25, 0.3) is 0 Å². The summed E-state index contributed by atoms with van der Waals surface area (Å²) in [4.78, 5) is 22.6. The van der Waals surface area contributed by atoms with Crippen LogP contribution in [0.15, 0.2) is 18.3 Å². The first-order chi connectivity index (χ1) is 8.50. The number of nitrogens with one attached hydrogen (secondary N) is 1. The van der Waals surface area contributed by atoms with Gasteiger partial charge in [0.05, 0.1) is 0 Å². The summed E-state index contributed by atoms with van der Waals surface area (Å²) in [6.07, 6.45) is 1.59. The van der Waals surface area contributed by atoms with Crippen molar-refractivity contribution in [3.8, 4) is 0 Å². The Morgan fingerprint density at radius 3 is 2.72 bits per heavy atom. The third-order valence-electron chi connectivity index (χ3n) is 2.42. The van der Waals surface area contributed by atoms with E-state index >= 15 is 0 Å². The van der Waals surface area contributed by atoms with Gasteiger partial charge >= 0.3 is 5.97 Å². The number of nitrogens with zero attached hydrogens (tertiary/aromatic N) is 3. The van der Waals surface area contributed by atoms with Crippen molar-refractivity contribution in [1.29, 1.82) is 0 Å². The van der Waals surface area contributed by atoms with Crippen LogP contribution in [0, 0.1) is 5.92 Å². The molecule has 0 aromatic carbocycles. The molecule has 0 radical (unpaired) electrons. The Morgan fingerprint density at radius 1 is 1.39 bits per heavy atom. The van der Waals surface area contributed by atoms with E-state index in [1.807, 2.05) is 0 Å². The van der Waals surface area contributed by atoms with Crippen molar-refractivity contribution >= 4 is 23.5 Å². The molecule has 0 spiro atoms. The number of rotatable bonds is 3. The molecule has 7 heteroatoms. The predicted octanol–water partition coefficient (Wildman–Crippen LogP) is 1.02. The number of aromatic carboxylic acids is 1. The normalized spacial score (nSPS) is 10.8. The van der Waals surface area contributed by atoms with Gasteiger partial charge < -0.3 is 5.11 Å². The molecule has 18 heavy (non-hydrogen) atoms. The number of carboxylic acids is 1. The summed E-state index contributed by atoms with van der Waals surface area (Å²) in [6, 6.07) is 2.99. The van der Waals surface area contributed by atoms with Crippen LogP contribution in [-0.2, 0) is 4.79 Å². The van der Waals surface area contributed by atoms with Gasteiger partial charge in [-0.05, 0) is 12.1 Å². The first-order valence-electron chi connectivity index (χ1n) is 5.38. The minimum Gasteiger partial charge on any atom is -0.478 e. The Labute approximate surface area is 102 Å². The number of amides is 1. The molecule has 2 aromatic rings. The Morgan fingerprint density at radius 2 is 2.11 bits per heavy atom. The molecule has 2 N–H and O–H groups in total. The van der Waals surface area contributed by atoms with Crippen LogP contribution in [0.1, 0.15) is 24.2 Å². The summed E-state index contributed by atoms with van der Waals surface area (Å²) in [6.45, 7) is 3.50. The van der Waals surface area contributed by atoms with Gasteiger partial charge in [0.2, 0.25) is 11.9 Å². The lowest BCUT2D eigenvalue weighted by Gasteiger charge is -2.05. The van der Waals surface area contributed by atoms with E-state index in [0.717, 1.165) is 0 Å². The van der Waals surface area contributed by atoms with E-state index in [9.17, 15) is 9.59 Å². The van der Waals surface area contributed by atoms with Gasteiger partial charge in [0.1, 0.15) is 5.56 Å². The lowest BCUT2D eigenvalue weighted by atomic mass is 10.2. The first-order valence-corrected chi connectivity index (χ1v) is 5.38. The standard InChI is InChI=1S/C11H12N4O3/c1-6(2)9(16)12-11-14-13-8-7(10(17)18)4-3-5-15(8)11/h3-6H,1-2H3,(H,17,18)(H,12,14,16). The molecule has 0 unspecified atom stereocenters. The van der Waals surface area contributed by atoms with Crippen LogP contribution < -0.4 is 5.32 Å². The molecule has 0 atom stereocenters. The van der Waals surface area contributed by atoms with Crippen LogP contribution >= 0.6 is 0 Å². The van der Waals surface area contributed by atoms with Crippen LogP contribution in [0.3, 0.4) is 0 Å². The molecule has 2 rings (SSSR count). The molecule has 7 nitrogen and oxygen atoms in total. The highest BCUT2D eigenvalue weighted by Crippen LogP contribution is 2.13. The van der Waals surface area contributed by atoms with Gasteiger partial charge in [0.15, 0.2) is 5.65 Å². The average molecular weight is 248 g/mol. The molecule has 0 bridgehead atoms. The fourth-order valence-electron chi connectivity index (χ4n) is 1.42. The van der Waals surface area contributed by atoms with Crippen LogP contribution in [0.5, 0.6) is 0 Å². The van der Waals surface area contributed by atoms with E-state index in [1.54, 1.807) is 26.1 Å². The van der Waals surface area contributed by atoms with Gasteiger partial charge in [-0.2, -0.15) is 0 Å². The zero-order valence-electron chi connectivity index (χ0n) is 9.91. The fourth-order valence-corrected chi connectivity index (χ4v) is 1.42. The monoisotopic (exact) mass is 248 g/mol. The van der Waals surface area contributed by atoms with Gasteiger partial charge in [-0.1, -0.05) is 13.8 Å². The Kier molecular flexibility index (Phi) is 2.97. The van der Waals surface area contributed by atoms with Crippen LogP contribution in [0.2, 0.25) is 0 Å². The highest BCUT2D eigenvalue weighted by Gasteiger charge is 2.16. The quantitative estimate of drug-likeness (QED) is 0.845. The minimum absolute atomic E-state index is 0.0371.